The highest BCUT2D eigenvalue weighted by molar-refractivity contribution is 6.31. The van der Waals surface area contributed by atoms with Crippen molar-refractivity contribution in [3.8, 4) is 5.75 Å². The van der Waals surface area contributed by atoms with Crippen LogP contribution in [0.15, 0.2) is 42.5 Å². The molecule has 2 aromatic carbocycles. The summed E-state index contributed by atoms with van der Waals surface area (Å²) in [6.07, 6.45) is 0. The molecule has 19 heavy (non-hydrogen) atoms. The predicted molar refractivity (Wildman–Crippen MR) is 74.8 cm³/mol. The molecule has 0 aliphatic heterocycles. The lowest BCUT2D eigenvalue weighted by atomic mass is 10.1. The number of benzene rings is 2. The second-order valence-corrected chi connectivity index (χ2v) is 4.76. The van der Waals surface area contributed by atoms with Crippen LogP contribution in [-0.4, -0.2) is 0 Å². The number of rotatable bonds is 4. The van der Waals surface area contributed by atoms with Crippen molar-refractivity contribution in [2.75, 3.05) is 0 Å². The summed E-state index contributed by atoms with van der Waals surface area (Å²) in [6.45, 7) is 2.18. The highest BCUT2D eigenvalue weighted by atomic mass is 35.5. The SMILES string of the molecule is C[C@@H](N)c1ccccc1OCc1ccc(F)cc1Cl. The largest absolute Gasteiger partial charge is 0.489 e. The normalized spacial score (nSPS) is 12.2. The smallest absolute Gasteiger partial charge is 0.124 e. The van der Waals surface area contributed by atoms with Gasteiger partial charge in [0.2, 0.25) is 0 Å². The standard InChI is InChI=1S/C15H15ClFNO/c1-10(18)13-4-2-3-5-15(13)19-9-11-6-7-12(17)8-14(11)16/h2-8,10H,9,18H2,1H3/t10-/m1/s1. The van der Waals surface area contributed by atoms with E-state index >= 15 is 0 Å². The van der Waals surface area contributed by atoms with Crippen molar-refractivity contribution in [3.05, 3.63) is 64.4 Å². The van der Waals surface area contributed by atoms with Crippen molar-refractivity contribution in [2.24, 2.45) is 5.73 Å². The zero-order chi connectivity index (χ0) is 13.8. The van der Waals surface area contributed by atoms with E-state index in [0.29, 0.717) is 5.02 Å². The lowest BCUT2D eigenvalue weighted by molar-refractivity contribution is 0.301. The first-order valence-electron chi connectivity index (χ1n) is 5.99. The van der Waals surface area contributed by atoms with E-state index in [9.17, 15) is 4.39 Å². The van der Waals surface area contributed by atoms with Crippen molar-refractivity contribution in [3.63, 3.8) is 0 Å². The quantitative estimate of drug-likeness (QED) is 0.915. The zero-order valence-electron chi connectivity index (χ0n) is 10.6. The van der Waals surface area contributed by atoms with Crippen LogP contribution in [0.5, 0.6) is 5.75 Å². The van der Waals surface area contributed by atoms with E-state index in [1.165, 1.54) is 12.1 Å². The molecule has 1 atom stereocenters. The number of hydrogen-bond donors (Lipinski definition) is 1. The Kier molecular flexibility index (Phi) is 4.40. The molecule has 0 radical (unpaired) electrons. The van der Waals surface area contributed by atoms with Crippen LogP contribution in [0, 0.1) is 5.82 Å². The Morgan fingerprint density at radius 2 is 2.00 bits per heavy atom. The molecule has 2 nitrogen and oxygen atoms in total. The maximum Gasteiger partial charge on any atom is 0.124 e. The summed E-state index contributed by atoms with van der Waals surface area (Å²) >= 11 is 5.95. The molecule has 0 saturated carbocycles. The maximum absolute atomic E-state index is 12.9. The van der Waals surface area contributed by atoms with Gasteiger partial charge in [-0.3, -0.25) is 0 Å². The minimum atomic E-state index is -0.357. The van der Waals surface area contributed by atoms with E-state index in [4.69, 9.17) is 22.1 Å². The van der Waals surface area contributed by atoms with Crippen LogP contribution in [0.1, 0.15) is 24.1 Å². The van der Waals surface area contributed by atoms with Crippen molar-refractivity contribution in [1.82, 2.24) is 0 Å². The van der Waals surface area contributed by atoms with Crippen molar-refractivity contribution in [2.45, 2.75) is 19.6 Å². The van der Waals surface area contributed by atoms with E-state index in [1.54, 1.807) is 6.07 Å². The second kappa shape index (κ2) is 6.04. The van der Waals surface area contributed by atoms with Gasteiger partial charge in [0.25, 0.3) is 0 Å². The Balaban J connectivity index is 2.14. The summed E-state index contributed by atoms with van der Waals surface area (Å²) in [7, 11) is 0. The molecule has 0 aliphatic rings. The van der Waals surface area contributed by atoms with Gasteiger partial charge in [0.15, 0.2) is 0 Å². The molecular weight excluding hydrogens is 265 g/mol. The molecule has 0 aromatic heterocycles. The minimum Gasteiger partial charge on any atom is -0.489 e. The van der Waals surface area contributed by atoms with Gasteiger partial charge in [-0.15, -0.1) is 0 Å². The number of halogens is 2. The Morgan fingerprint density at radius 3 is 2.68 bits per heavy atom. The average molecular weight is 280 g/mol. The molecule has 0 saturated heterocycles. The highest BCUT2D eigenvalue weighted by Crippen LogP contribution is 2.25. The van der Waals surface area contributed by atoms with Crippen LogP contribution >= 0.6 is 11.6 Å². The van der Waals surface area contributed by atoms with Gasteiger partial charge in [0.05, 0.1) is 5.02 Å². The fourth-order valence-electron chi connectivity index (χ4n) is 1.78. The third-order valence-corrected chi connectivity index (χ3v) is 3.16. The van der Waals surface area contributed by atoms with E-state index in [0.717, 1.165) is 16.9 Å². The van der Waals surface area contributed by atoms with E-state index < -0.39 is 0 Å². The molecule has 0 unspecified atom stereocenters. The molecule has 0 aliphatic carbocycles. The van der Waals surface area contributed by atoms with Gasteiger partial charge in [-0.05, 0) is 25.1 Å². The fraction of sp³-hybridized carbons (Fsp3) is 0.200. The van der Waals surface area contributed by atoms with Crippen molar-refractivity contribution < 1.29 is 9.13 Å². The number of para-hydroxylation sites is 1. The molecule has 0 fully saturated rings. The summed E-state index contributed by atoms with van der Waals surface area (Å²) in [4.78, 5) is 0. The Hall–Kier alpha value is -1.58. The van der Waals surface area contributed by atoms with Crippen LogP contribution in [0.4, 0.5) is 4.39 Å². The maximum atomic E-state index is 12.9. The molecular formula is C15H15ClFNO. The summed E-state index contributed by atoms with van der Waals surface area (Å²) in [5, 5.41) is 0.360. The Bertz CT molecular complexity index is 572. The van der Waals surface area contributed by atoms with Gasteiger partial charge >= 0.3 is 0 Å². The third-order valence-electron chi connectivity index (χ3n) is 2.81. The van der Waals surface area contributed by atoms with Gasteiger partial charge in [-0.25, -0.2) is 4.39 Å². The number of hydrogen-bond acceptors (Lipinski definition) is 2. The molecule has 2 aromatic rings. The molecule has 0 amide bonds. The van der Waals surface area contributed by atoms with Gasteiger partial charge in [0, 0.05) is 17.2 Å². The van der Waals surface area contributed by atoms with Gasteiger partial charge < -0.3 is 10.5 Å². The Labute approximate surface area is 117 Å². The monoisotopic (exact) mass is 279 g/mol. The molecule has 0 spiro atoms. The van der Waals surface area contributed by atoms with Crippen LogP contribution in [0.25, 0.3) is 0 Å². The number of ether oxygens (including phenoxy) is 1. The highest BCUT2D eigenvalue weighted by Gasteiger charge is 2.08. The molecule has 0 bridgehead atoms. The fourth-order valence-corrected chi connectivity index (χ4v) is 2.00. The van der Waals surface area contributed by atoms with Crippen LogP contribution in [0.3, 0.4) is 0 Å². The Morgan fingerprint density at radius 1 is 1.26 bits per heavy atom. The molecule has 0 heterocycles. The van der Waals surface area contributed by atoms with Gasteiger partial charge in [0.1, 0.15) is 18.2 Å². The van der Waals surface area contributed by atoms with Crippen LogP contribution in [-0.2, 0) is 6.61 Å². The molecule has 2 N–H and O–H groups in total. The zero-order valence-corrected chi connectivity index (χ0v) is 11.3. The van der Waals surface area contributed by atoms with Crippen LogP contribution in [0.2, 0.25) is 5.02 Å². The number of nitrogens with two attached hydrogens (primary N) is 1. The van der Waals surface area contributed by atoms with E-state index in [2.05, 4.69) is 0 Å². The summed E-state index contributed by atoms with van der Waals surface area (Å²) in [5.41, 5.74) is 7.55. The molecule has 4 heteroatoms. The third kappa shape index (κ3) is 3.46. The van der Waals surface area contributed by atoms with E-state index in [1.807, 2.05) is 31.2 Å². The van der Waals surface area contributed by atoms with Gasteiger partial charge in [-0.2, -0.15) is 0 Å². The van der Waals surface area contributed by atoms with Crippen molar-refractivity contribution >= 4 is 11.6 Å². The summed E-state index contributed by atoms with van der Waals surface area (Å²) < 4.78 is 18.7. The van der Waals surface area contributed by atoms with Crippen LogP contribution < -0.4 is 10.5 Å². The first-order valence-corrected chi connectivity index (χ1v) is 6.37. The minimum absolute atomic E-state index is 0.111. The summed E-state index contributed by atoms with van der Waals surface area (Å²) in [5.74, 6) is 0.364. The topological polar surface area (TPSA) is 35.2 Å². The second-order valence-electron chi connectivity index (χ2n) is 4.35. The van der Waals surface area contributed by atoms with Crippen molar-refractivity contribution in [1.29, 1.82) is 0 Å². The lowest BCUT2D eigenvalue weighted by Gasteiger charge is -2.14. The first-order chi connectivity index (χ1) is 9.08. The van der Waals surface area contributed by atoms with Gasteiger partial charge in [-0.1, -0.05) is 35.9 Å². The molecule has 100 valence electrons. The predicted octanol–water partition coefficient (Wildman–Crippen LogP) is 4.08. The first kappa shape index (κ1) is 13.8. The average Bonchev–Trinajstić information content (AvgIpc) is 2.38. The summed E-state index contributed by atoms with van der Waals surface area (Å²) in [6, 6.07) is 11.7. The van der Waals surface area contributed by atoms with E-state index in [-0.39, 0.29) is 18.5 Å². The lowest BCUT2D eigenvalue weighted by Crippen LogP contribution is -2.08. The molecule has 2 rings (SSSR count).